The Morgan fingerprint density at radius 1 is 0.816 bits per heavy atom. The van der Waals surface area contributed by atoms with E-state index in [0.717, 1.165) is 11.1 Å². The van der Waals surface area contributed by atoms with Crippen molar-refractivity contribution in [1.82, 2.24) is 5.43 Å². The molecule has 0 aliphatic heterocycles. The maximum Gasteiger partial charge on any atom is 0.343 e. The standard InChI is InChI=1S/C31H25N3O4/c1-22-10-9-14-24(20-22)31(37)38-28-17-8-5-13-25(28)21-32-34-30(36)26-15-6-7-16-27(26)33-29(35)19-18-23-11-3-2-4-12-23/h2-21H,1H3,(H,33,35)(H,34,36)/b19-18+,32-21-. The number of rotatable bonds is 8. The molecule has 4 aromatic carbocycles. The summed E-state index contributed by atoms with van der Waals surface area (Å²) in [4.78, 5) is 37.8. The molecular weight excluding hydrogens is 478 g/mol. The number of nitrogens with zero attached hydrogens (tertiary/aromatic N) is 1. The van der Waals surface area contributed by atoms with Gasteiger partial charge in [-0.1, -0.05) is 72.3 Å². The average molecular weight is 504 g/mol. The third kappa shape index (κ3) is 7.11. The maximum atomic E-state index is 12.8. The monoisotopic (exact) mass is 503 g/mol. The molecule has 0 saturated carbocycles. The molecule has 7 nitrogen and oxygen atoms in total. The van der Waals surface area contributed by atoms with Crippen LogP contribution in [0.2, 0.25) is 0 Å². The normalized spacial score (nSPS) is 10.9. The minimum Gasteiger partial charge on any atom is -0.422 e. The summed E-state index contributed by atoms with van der Waals surface area (Å²) in [7, 11) is 0. The van der Waals surface area contributed by atoms with E-state index in [1.807, 2.05) is 43.3 Å². The minimum atomic E-state index is -0.515. The van der Waals surface area contributed by atoms with Gasteiger partial charge in [0.2, 0.25) is 5.91 Å². The molecule has 2 N–H and O–H groups in total. The number of benzene rings is 4. The Morgan fingerprint density at radius 3 is 2.37 bits per heavy atom. The predicted octanol–water partition coefficient (Wildman–Crippen LogP) is 5.63. The topological polar surface area (TPSA) is 96.9 Å². The molecule has 0 spiro atoms. The molecule has 188 valence electrons. The van der Waals surface area contributed by atoms with Crippen molar-refractivity contribution in [2.45, 2.75) is 6.92 Å². The van der Waals surface area contributed by atoms with Gasteiger partial charge in [-0.2, -0.15) is 5.10 Å². The van der Waals surface area contributed by atoms with E-state index < -0.39 is 11.9 Å². The highest BCUT2D eigenvalue weighted by atomic mass is 16.5. The van der Waals surface area contributed by atoms with E-state index in [4.69, 9.17) is 4.74 Å². The van der Waals surface area contributed by atoms with Gasteiger partial charge in [0.05, 0.1) is 23.0 Å². The molecule has 4 aromatic rings. The molecular formula is C31H25N3O4. The van der Waals surface area contributed by atoms with Crippen LogP contribution in [0.15, 0.2) is 114 Å². The fourth-order valence-electron chi connectivity index (χ4n) is 3.53. The van der Waals surface area contributed by atoms with Gasteiger partial charge in [0, 0.05) is 11.6 Å². The van der Waals surface area contributed by atoms with Gasteiger partial charge in [-0.15, -0.1) is 0 Å². The van der Waals surface area contributed by atoms with E-state index in [1.165, 1.54) is 12.3 Å². The molecule has 0 saturated heterocycles. The van der Waals surface area contributed by atoms with Crippen LogP contribution in [0.5, 0.6) is 5.75 Å². The van der Waals surface area contributed by atoms with Crippen molar-refractivity contribution >= 4 is 35.8 Å². The van der Waals surface area contributed by atoms with Crippen molar-refractivity contribution in [2.75, 3.05) is 5.32 Å². The molecule has 7 heteroatoms. The Kier molecular flexibility index (Phi) is 8.55. The molecule has 0 aliphatic rings. The zero-order chi connectivity index (χ0) is 26.7. The molecule has 4 rings (SSSR count). The molecule has 0 atom stereocenters. The number of hydrazone groups is 1. The zero-order valence-corrected chi connectivity index (χ0v) is 20.6. The predicted molar refractivity (Wildman–Crippen MR) is 148 cm³/mol. The SMILES string of the molecule is Cc1cccc(C(=O)Oc2ccccc2/C=N\NC(=O)c2ccccc2NC(=O)/C=C/c2ccccc2)c1. The number of anilines is 1. The van der Waals surface area contributed by atoms with E-state index in [0.29, 0.717) is 22.6 Å². The molecule has 0 bridgehead atoms. The van der Waals surface area contributed by atoms with Crippen LogP contribution in [0.1, 0.15) is 37.4 Å². The molecule has 38 heavy (non-hydrogen) atoms. The number of aryl methyl sites for hydroxylation is 1. The summed E-state index contributed by atoms with van der Waals surface area (Å²) < 4.78 is 5.55. The number of carbonyl (C=O) groups is 3. The summed E-state index contributed by atoms with van der Waals surface area (Å²) in [5.41, 5.74) is 5.80. The lowest BCUT2D eigenvalue weighted by atomic mass is 10.1. The first-order valence-electron chi connectivity index (χ1n) is 11.8. The Bertz CT molecular complexity index is 1510. The fraction of sp³-hybridized carbons (Fsp3) is 0.0323. The second-order valence-corrected chi connectivity index (χ2v) is 8.27. The highest BCUT2D eigenvalue weighted by molar-refractivity contribution is 6.07. The summed E-state index contributed by atoms with van der Waals surface area (Å²) in [5, 5.41) is 6.75. The summed E-state index contributed by atoms with van der Waals surface area (Å²) in [6.45, 7) is 1.89. The van der Waals surface area contributed by atoms with Gasteiger partial charge >= 0.3 is 5.97 Å². The Labute approximate surface area is 220 Å². The highest BCUT2D eigenvalue weighted by Gasteiger charge is 2.13. The minimum absolute atomic E-state index is 0.241. The lowest BCUT2D eigenvalue weighted by Crippen LogP contribution is -2.20. The van der Waals surface area contributed by atoms with E-state index >= 15 is 0 Å². The summed E-state index contributed by atoms with van der Waals surface area (Å²) >= 11 is 0. The van der Waals surface area contributed by atoms with Gasteiger partial charge in [-0.25, -0.2) is 10.2 Å². The van der Waals surface area contributed by atoms with Crippen LogP contribution in [0.3, 0.4) is 0 Å². The van der Waals surface area contributed by atoms with Gasteiger partial charge in [0.15, 0.2) is 0 Å². The number of hydrogen-bond donors (Lipinski definition) is 2. The Balaban J connectivity index is 1.41. The smallest absolute Gasteiger partial charge is 0.343 e. The van der Waals surface area contributed by atoms with Gasteiger partial charge < -0.3 is 10.1 Å². The number of nitrogens with one attached hydrogen (secondary N) is 2. The number of carbonyl (C=O) groups excluding carboxylic acids is 3. The Hall–Kier alpha value is -5.30. The van der Waals surface area contributed by atoms with Gasteiger partial charge in [0.25, 0.3) is 5.91 Å². The largest absolute Gasteiger partial charge is 0.422 e. The fourth-order valence-corrected chi connectivity index (χ4v) is 3.53. The second kappa shape index (κ2) is 12.6. The summed E-state index contributed by atoms with van der Waals surface area (Å²) in [6.07, 6.45) is 4.48. The number of ether oxygens (including phenoxy) is 1. The first-order chi connectivity index (χ1) is 18.5. The number of esters is 1. The van der Waals surface area contributed by atoms with Crippen molar-refractivity contribution in [1.29, 1.82) is 0 Å². The van der Waals surface area contributed by atoms with Crippen molar-refractivity contribution in [3.05, 3.63) is 137 Å². The van der Waals surface area contributed by atoms with Gasteiger partial charge in [0.1, 0.15) is 5.75 Å². The lowest BCUT2D eigenvalue weighted by Gasteiger charge is -2.09. The van der Waals surface area contributed by atoms with E-state index in [1.54, 1.807) is 72.8 Å². The highest BCUT2D eigenvalue weighted by Crippen LogP contribution is 2.19. The van der Waals surface area contributed by atoms with Crippen molar-refractivity contribution in [3.8, 4) is 5.75 Å². The van der Waals surface area contributed by atoms with E-state index in [-0.39, 0.29) is 11.5 Å². The Morgan fingerprint density at radius 2 is 1.55 bits per heavy atom. The molecule has 0 fully saturated rings. The summed E-state index contributed by atoms with van der Waals surface area (Å²) in [6, 6.07) is 30.0. The van der Waals surface area contributed by atoms with Crippen LogP contribution in [0, 0.1) is 6.92 Å². The van der Waals surface area contributed by atoms with Crippen molar-refractivity contribution in [2.24, 2.45) is 5.10 Å². The maximum absolute atomic E-state index is 12.8. The number of hydrogen-bond acceptors (Lipinski definition) is 5. The van der Waals surface area contributed by atoms with Crippen LogP contribution >= 0.6 is 0 Å². The lowest BCUT2D eigenvalue weighted by molar-refractivity contribution is -0.111. The first-order valence-corrected chi connectivity index (χ1v) is 11.8. The molecule has 0 heterocycles. The van der Waals surface area contributed by atoms with Gasteiger partial charge in [-0.05, 0) is 55.0 Å². The van der Waals surface area contributed by atoms with Crippen LogP contribution < -0.4 is 15.5 Å². The van der Waals surface area contributed by atoms with E-state index in [9.17, 15) is 14.4 Å². The third-order valence-corrected chi connectivity index (χ3v) is 5.40. The van der Waals surface area contributed by atoms with Crippen LogP contribution in [0.4, 0.5) is 5.69 Å². The zero-order valence-electron chi connectivity index (χ0n) is 20.6. The third-order valence-electron chi connectivity index (χ3n) is 5.40. The first kappa shape index (κ1) is 25.8. The molecule has 0 aromatic heterocycles. The number of para-hydroxylation sites is 2. The average Bonchev–Trinajstić information content (AvgIpc) is 2.93. The molecule has 0 aliphatic carbocycles. The van der Waals surface area contributed by atoms with Gasteiger partial charge in [-0.3, -0.25) is 9.59 Å². The molecule has 0 radical (unpaired) electrons. The number of amides is 2. The van der Waals surface area contributed by atoms with Crippen LogP contribution in [-0.4, -0.2) is 24.0 Å². The van der Waals surface area contributed by atoms with Crippen molar-refractivity contribution in [3.63, 3.8) is 0 Å². The molecule has 0 unspecified atom stereocenters. The van der Waals surface area contributed by atoms with Crippen LogP contribution in [-0.2, 0) is 4.79 Å². The second-order valence-electron chi connectivity index (χ2n) is 8.27. The van der Waals surface area contributed by atoms with Crippen molar-refractivity contribution < 1.29 is 19.1 Å². The quantitative estimate of drug-likeness (QED) is 0.107. The summed E-state index contributed by atoms with van der Waals surface area (Å²) in [5.74, 6) is -1.08. The van der Waals surface area contributed by atoms with E-state index in [2.05, 4.69) is 15.8 Å². The van der Waals surface area contributed by atoms with Crippen LogP contribution in [0.25, 0.3) is 6.08 Å². The molecule has 2 amide bonds.